The van der Waals surface area contributed by atoms with Gasteiger partial charge in [0.05, 0.1) is 10.0 Å². The molecule has 0 saturated heterocycles. The summed E-state index contributed by atoms with van der Waals surface area (Å²) in [5, 5.41) is 9.39. The molecule has 0 aliphatic rings. The fourth-order valence-corrected chi connectivity index (χ4v) is 1.63. The van der Waals surface area contributed by atoms with Crippen LogP contribution in [0.3, 0.4) is 0 Å². The normalized spacial score (nSPS) is 12.2. The van der Waals surface area contributed by atoms with E-state index in [4.69, 9.17) is 44.6 Å². The molecule has 1 aromatic carbocycles. The molecule has 0 bridgehead atoms. The third kappa shape index (κ3) is 2.94. The number of halogens is 3. The molecule has 0 aromatic heterocycles. The summed E-state index contributed by atoms with van der Waals surface area (Å²) in [5.74, 6) is -0.838. The summed E-state index contributed by atoms with van der Waals surface area (Å²) in [6.07, 6.45) is -0.624. The summed E-state index contributed by atoms with van der Waals surface area (Å²) < 4.78 is 5.22. The van der Waals surface area contributed by atoms with Crippen LogP contribution in [0.5, 0.6) is 5.75 Å². The maximum atomic E-state index is 10.8. The Bertz CT molecular complexity index is 407. The van der Waals surface area contributed by atoms with Crippen molar-refractivity contribution in [2.24, 2.45) is 0 Å². The van der Waals surface area contributed by atoms with E-state index in [9.17, 15) is 4.79 Å². The summed E-state index contributed by atoms with van der Waals surface area (Å²) in [4.78, 5) is 10.8. The first-order chi connectivity index (χ1) is 7.47. The number of benzene rings is 1. The highest BCUT2D eigenvalue weighted by Crippen LogP contribution is 2.37. The van der Waals surface area contributed by atoms with Crippen LogP contribution in [-0.4, -0.2) is 17.2 Å². The Labute approximate surface area is 108 Å². The molecular formula is C10H9Cl3O3. The maximum Gasteiger partial charge on any atom is 0.344 e. The van der Waals surface area contributed by atoms with Crippen LogP contribution in [0.25, 0.3) is 0 Å². The van der Waals surface area contributed by atoms with E-state index in [0.29, 0.717) is 11.4 Å². The van der Waals surface area contributed by atoms with Crippen molar-refractivity contribution in [3.05, 3.63) is 27.2 Å². The number of aliphatic carboxylic acids is 1. The Balaban J connectivity index is 2.97. The van der Waals surface area contributed by atoms with E-state index in [1.165, 1.54) is 12.1 Å². The largest absolute Gasteiger partial charge is 0.479 e. The van der Waals surface area contributed by atoms with E-state index in [1.807, 2.05) is 0 Å². The Morgan fingerprint density at radius 3 is 2.50 bits per heavy atom. The number of carbonyl (C=O) groups is 1. The number of ether oxygens (including phenoxy) is 1. The molecule has 0 spiro atoms. The Kier molecular flexibility index (Phi) is 4.71. The van der Waals surface area contributed by atoms with Gasteiger partial charge in [0.25, 0.3) is 0 Å². The molecule has 1 aromatic rings. The number of rotatable bonds is 4. The molecule has 6 heteroatoms. The van der Waals surface area contributed by atoms with Crippen molar-refractivity contribution in [1.29, 1.82) is 0 Å². The molecule has 0 saturated carbocycles. The minimum atomic E-state index is -1.05. The summed E-state index contributed by atoms with van der Waals surface area (Å²) in [6, 6.07) is 2.99. The summed E-state index contributed by atoms with van der Waals surface area (Å²) >= 11 is 17.4. The molecule has 0 heterocycles. The van der Waals surface area contributed by atoms with Gasteiger partial charge in [-0.2, -0.15) is 0 Å². The standard InChI is InChI=1S/C10H9Cl3O3/c1-2-6(10(14)15)16-7-4-3-5(11)8(12)9(7)13/h3-4,6H,2H2,1H3,(H,14,15). The molecule has 1 unspecified atom stereocenters. The van der Waals surface area contributed by atoms with E-state index in [2.05, 4.69) is 0 Å². The van der Waals surface area contributed by atoms with Crippen LogP contribution >= 0.6 is 34.8 Å². The van der Waals surface area contributed by atoms with Gasteiger partial charge in [-0.15, -0.1) is 0 Å². The molecule has 0 fully saturated rings. The van der Waals surface area contributed by atoms with Gasteiger partial charge in [-0.3, -0.25) is 0 Å². The van der Waals surface area contributed by atoms with Gasteiger partial charge in [0.15, 0.2) is 6.10 Å². The third-order valence-electron chi connectivity index (χ3n) is 1.92. The van der Waals surface area contributed by atoms with Gasteiger partial charge in [0.1, 0.15) is 10.8 Å². The van der Waals surface area contributed by atoms with Gasteiger partial charge in [0, 0.05) is 0 Å². The van der Waals surface area contributed by atoms with Crippen molar-refractivity contribution in [2.75, 3.05) is 0 Å². The lowest BCUT2D eigenvalue weighted by Gasteiger charge is -2.15. The lowest BCUT2D eigenvalue weighted by molar-refractivity contribution is -0.145. The van der Waals surface area contributed by atoms with Crippen molar-refractivity contribution in [2.45, 2.75) is 19.4 Å². The van der Waals surface area contributed by atoms with Crippen LogP contribution in [-0.2, 0) is 4.79 Å². The average molecular weight is 284 g/mol. The first kappa shape index (κ1) is 13.4. The highest BCUT2D eigenvalue weighted by atomic mass is 35.5. The van der Waals surface area contributed by atoms with E-state index < -0.39 is 12.1 Å². The van der Waals surface area contributed by atoms with Crippen LogP contribution in [0.1, 0.15) is 13.3 Å². The predicted octanol–water partition coefficient (Wildman–Crippen LogP) is 3.89. The predicted molar refractivity (Wildman–Crippen MR) is 63.8 cm³/mol. The van der Waals surface area contributed by atoms with Crippen molar-refractivity contribution in [3.8, 4) is 5.75 Å². The Hall–Kier alpha value is -0.640. The topological polar surface area (TPSA) is 46.5 Å². The van der Waals surface area contributed by atoms with Crippen molar-refractivity contribution < 1.29 is 14.6 Å². The first-order valence-corrected chi connectivity index (χ1v) is 5.63. The van der Waals surface area contributed by atoms with Gasteiger partial charge in [0.2, 0.25) is 0 Å². The van der Waals surface area contributed by atoms with E-state index in [-0.39, 0.29) is 15.8 Å². The lowest BCUT2D eigenvalue weighted by Crippen LogP contribution is -2.26. The number of carboxylic acids is 1. The van der Waals surface area contributed by atoms with Crippen LogP contribution in [0.2, 0.25) is 15.1 Å². The minimum absolute atomic E-state index is 0.119. The van der Waals surface area contributed by atoms with Crippen molar-refractivity contribution in [3.63, 3.8) is 0 Å². The molecule has 3 nitrogen and oxygen atoms in total. The van der Waals surface area contributed by atoms with Crippen LogP contribution in [0.15, 0.2) is 12.1 Å². The zero-order valence-electron chi connectivity index (χ0n) is 8.34. The van der Waals surface area contributed by atoms with Gasteiger partial charge in [-0.25, -0.2) is 4.79 Å². The second kappa shape index (κ2) is 5.62. The van der Waals surface area contributed by atoms with Gasteiger partial charge >= 0.3 is 5.97 Å². The molecule has 1 rings (SSSR count). The van der Waals surface area contributed by atoms with E-state index >= 15 is 0 Å². The fraction of sp³-hybridized carbons (Fsp3) is 0.300. The van der Waals surface area contributed by atoms with Gasteiger partial charge in [-0.1, -0.05) is 41.7 Å². The molecule has 1 atom stereocenters. The smallest absolute Gasteiger partial charge is 0.344 e. The molecular weight excluding hydrogens is 274 g/mol. The summed E-state index contributed by atoms with van der Waals surface area (Å²) in [6.45, 7) is 1.70. The Morgan fingerprint density at radius 1 is 1.38 bits per heavy atom. The van der Waals surface area contributed by atoms with Gasteiger partial charge < -0.3 is 9.84 Å². The maximum absolute atomic E-state index is 10.8. The monoisotopic (exact) mass is 282 g/mol. The summed E-state index contributed by atoms with van der Waals surface area (Å²) in [5.41, 5.74) is 0. The molecule has 0 radical (unpaired) electrons. The zero-order chi connectivity index (χ0) is 12.3. The molecule has 88 valence electrons. The van der Waals surface area contributed by atoms with E-state index in [1.54, 1.807) is 6.92 Å². The second-order valence-corrected chi connectivity index (χ2v) is 4.19. The molecule has 0 aliphatic heterocycles. The number of hydrogen-bond acceptors (Lipinski definition) is 2. The van der Waals surface area contributed by atoms with Crippen LogP contribution in [0, 0.1) is 0 Å². The summed E-state index contributed by atoms with van der Waals surface area (Å²) in [7, 11) is 0. The molecule has 1 N–H and O–H groups in total. The van der Waals surface area contributed by atoms with Gasteiger partial charge in [-0.05, 0) is 18.6 Å². The molecule has 0 amide bonds. The highest BCUT2D eigenvalue weighted by molar-refractivity contribution is 6.48. The highest BCUT2D eigenvalue weighted by Gasteiger charge is 2.19. The molecule has 0 aliphatic carbocycles. The SMILES string of the molecule is CCC(Oc1ccc(Cl)c(Cl)c1Cl)C(=O)O. The molecule has 16 heavy (non-hydrogen) atoms. The first-order valence-electron chi connectivity index (χ1n) is 4.50. The lowest BCUT2D eigenvalue weighted by atomic mass is 10.2. The zero-order valence-corrected chi connectivity index (χ0v) is 10.6. The van der Waals surface area contributed by atoms with Crippen LogP contribution < -0.4 is 4.74 Å². The second-order valence-electron chi connectivity index (χ2n) is 3.03. The minimum Gasteiger partial charge on any atom is -0.479 e. The van der Waals surface area contributed by atoms with E-state index in [0.717, 1.165) is 0 Å². The van der Waals surface area contributed by atoms with Crippen molar-refractivity contribution in [1.82, 2.24) is 0 Å². The fourth-order valence-electron chi connectivity index (χ4n) is 1.06. The quantitative estimate of drug-likeness (QED) is 0.853. The third-order valence-corrected chi connectivity index (χ3v) is 3.19. The average Bonchev–Trinajstić information content (AvgIpc) is 2.25. The number of carboxylic acid groups (broad SMARTS) is 1. The number of hydrogen-bond donors (Lipinski definition) is 1. The Morgan fingerprint density at radius 2 is 2.00 bits per heavy atom. The van der Waals surface area contributed by atoms with Crippen molar-refractivity contribution >= 4 is 40.8 Å². The van der Waals surface area contributed by atoms with Crippen LogP contribution in [0.4, 0.5) is 0 Å².